The Kier molecular flexibility index (Phi) is 4.05. The molecule has 0 saturated carbocycles. The Morgan fingerprint density at radius 3 is 2.64 bits per heavy atom. The zero-order valence-electron chi connectivity index (χ0n) is 13.5. The summed E-state index contributed by atoms with van der Waals surface area (Å²) in [6, 6.07) is 11.2. The highest BCUT2D eigenvalue weighted by atomic mass is 16.5. The SMILES string of the molecule is COc1ccc2c(c1)C(C(C#N)C#N)C1C(=N)C(C#N)=C(N)CC1O2. The summed E-state index contributed by atoms with van der Waals surface area (Å²) in [7, 11) is 1.52. The van der Waals surface area contributed by atoms with Crippen molar-refractivity contribution in [3.8, 4) is 29.7 Å². The van der Waals surface area contributed by atoms with Crippen LogP contribution in [0.25, 0.3) is 0 Å². The molecule has 3 N–H and O–H groups in total. The van der Waals surface area contributed by atoms with Gasteiger partial charge in [0.05, 0.1) is 30.5 Å². The summed E-state index contributed by atoms with van der Waals surface area (Å²) in [4.78, 5) is 0. The molecule has 0 amide bonds. The van der Waals surface area contributed by atoms with E-state index in [2.05, 4.69) is 0 Å². The summed E-state index contributed by atoms with van der Waals surface area (Å²) < 4.78 is 11.2. The predicted octanol–water partition coefficient (Wildman–Crippen LogP) is 1.98. The number of fused-ring (bicyclic) bond motifs is 2. The lowest BCUT2D eigenvalue weighted by atomic mass is 9.67. The van der Waals surface area contributed by atoms with Crippen molar-refractivity contribution < 1.29 is 9.47 Å². The van der Waals surface area contributed by atoms with Crippen LogP contribution in [0.5, 0.6) is 11.5 Å². The minimum atomic E-state index is -0.984. The van der Waals surface area contributed by atoms with Gasteiger partial charge in [-0.1, -0.05) is 0 Å². The standard InChI is InChI=1S/C18H15N5O2/c1-24-10-2-3-14-11(4-10)16(9(6-19)7-20)17-15(25-14)5-13(22)12(8-21)18(17)23/h2-4,9,15-17,23H,5,22H2,1H3. The monoisotopic (exact) mass is 333 g/mol. The van der Waals surface area contributed by atoms with E-state index in [-0.39, 0.29) is 17.7 Å². The number of hydrogen-bond donors (Lipinski definition) is 2. The Morgan fingerprint density at radius 2 is 2.04 bits per heavy atom. The highest BCUT2D eigenvalue weighted by molar-refractivity contribution is 6.05. The van der Waals surface area contributed by atoms with Gasteiger partial charge < -0.3 is 20.6 Å². The molecule has 1 aliphatic carbocycles. The lowest BCUT2D eigenvalue weighted by Gasteiger charge is -2.42. The molecule has 1 aliphatic heterocycles. The minimum absolute atomic E-state index is 0.0187. The van der Waals surface area contributed by atoms with E-state index in [1.807, 2.05) is 18.2 Å². The van der Waals surface area contributed by atoms with Crippen LogP contribution in [-0.4, -0.2) is 18.9 Å². The molecule has 0 aromatic heterocycles. The first-order valence-corrected chi connectivity index (χ1v) is 7.67. The molecule has 2 aliphatic rings. The number of nitrogens with two attached hydrogens (primary N) is 1. The molecule has 1 aromatic carbocycles. The summed E-state index contributed by atoms with van der Waals surface area (Å²) in [5, 5.41) is 36.7. The molecule has 0 radical (unpaired) electrons. The Bertz CT molecular complexity index is 886. The third-order valence-corrected chi connectivity index (χ3v) is 4.74. The van der Waals surface area contributed by atoms with E-state index in [1.54, 1.807) is 18.2 Å². The van der Waals surface area contributed by atoms with E-state index in [0.29, 0.717) is 22.8 Å². The van der Waals surface area contributed by atoms with Crippen molar-refractivity contribution in [2.24, 2.45) is 17.6 Å². The molecule has 1 heterocycles. The van der Waals surface area contributed by atoms with Crippen molar-refractivity contribution >= 4 is 5.71 Å². The molecule has 7 nitrogen and oxygen atoms in total. The second-order valence-electron chi connectivity index (χ2n) is 5.98. The second kappa shape index (κ2) is 6.19. The number of nitrogens with one attached hydrogen (secondary N) is 1. The normalized spacial score (nSPS) is 24.3. The van der Waals surface area contributed by atoms with E-state index in [4.69, 9.17) is 20.6 Å². The number of allylic oxidation sites excluding steroid dienone is 1. The largest absolute Gasteiger partial charge is 0.497 e. The van der Waals surface area contributed by atoms with Gasteiger partial charge in [0.2, 0.25) is 0 Å². The fourth-order valence-electron chi connectivity index (χ4n) is 3.58. The maximum Gasteiger partial charge on any atom is 0.141 e. The maximum atomic E-state index is 9.47. The van der Waals surface area contributed by atoms with Gasteiger partial charge in [-0.2, -0.15) is 15.8 Å². The Labute approximate surface area is 145 Å². The Balaban J connectivity index is 2.20. The molecule has 0 saturated heterocycles. The van der Waals surface area contributed by atoms with Gasteiger partial charge in [-0.15, -0.1) is 0 Å². The van der Waals surface area contributed by atoms with Crippen molar-refractivity contribution in [1.29, 1.82) is 21.2 Å². The maximum absolute atomic E-state index is 9.47. The molecular formula is C18H15N5O2. The van der Waals surface area contributed by atoms with Crippen LogP contribution < -0.4 is 15.2 Å². The van der Waals surface area contributed by atoms with Crippen LogP contribution >= 0.6 is 0 Å². The van der Waals surface area contributed by atoms with E-state index >= 15 is 0 Å². The molecule has 0 bridgehead atoms. The van der Waals surface area contributed by atoms with Crippen LogP contribution in [0.3, 0.4) is 0 Å². The van der Waals surface area contributed by atoms with E-state index in [9.17, 15) is 15.8 Å². The van der Waals surface area contributed by atoms with Gasteiger partial charge in [0.25, 0.3) is 0 Å². The quantitative estimate of drug-likeness (QED) is 0.848. The molecule has 124 valence electrons. The highest BCUT2D eigenvalue weighted by Gasteiger charge is 2.48. The van der Waals surface area contributed by atoms with Crippen LogP contribution in [-0.2, 0) is 0 Å². The number of nitriles is 3. The van der Waals surface area contributed by atoms with Gasteiger partial charge in [0.15, 0.2) is 0 Å². The molecule has 25 heavy (non-hydrogen) atoms. The zero-order valence-corrected chi connectivity index (χ0v) is 13.5. The second-order valence-corrected chi connectivity index (χ2v) is 5.98. The lowest BCUT2D eigenvalue weighted by molar-refractivity contribution is 0.117. The number of nitrogens with zero attached hydrogens (tertiary/aromatic N) is 3. The Hall–Kier alpha value is -3.50. The lowest BCUT2D eigenvalue weighted by Crippen LogP contribution is -2.47. The van der Waals surface area contributed by atoms with Crippen molar-refractivity contribution in [2.45, 2.75) is 18.4 Å². The molecule has 3 atom stereocenters. The van der Waals surface area contributed by atoms with Crippen LogP contribution in [0.1, 0.15) is 17.9 Å². The summed E-state index contributed by atoms with van der Waals surface area (Å²) in [6.07, 6.45) is -0.207. The van der Waals surface area contributed by atoms with Crippen molar-refractivity contribution in [3.05, 3.63) is 35.0 Å². The Morgan fingerprint density at radius 1 is 1.32 bits per heavy atom. The molecule has 0 fully saturated rings. The molecule has 0 spiro atoms. The first-order chi connectivity index (χ1) is 12.0. The summed E-state index contributed by atoms with van der Waals surface area (Å²) in [5.41, 5.74) is 6.99. The summed E-state index contributed by atoms with van der Waals surface area (Å²) in [5.74, 6) is -1.06. The summed E-state index contributed by atoms with van der Waals surface area (Å²) >= 11 is 0. The number of benzene rings is 1. The average Bonchev–Trinajstić information content (AvgIpc) is 2.62. The molecule has 1 aromatic rings. The van der Waals surface area contributed by atoms with Crippen LogP contribution in [0, 0.1) is 51.2 Å². The number of rotatable bonds is 2. The highest BCUT2D eigenvalue weighted by Crippen LogP contribution is 2.49. The van der Waals surface area contributed by atoms with E-state index in [1.165, 1.54) is 7.11 Å². The van der Waals surface area contributed by atoms with E-state index < -0.39 is 23.9 Å². The smallest absolute Gasteiger partial charge is 0.141 e. The zero-order chi connectivity index (χ0) is 18.1. The van der Waals surface area contributed by atoms with Crippen LogP contribution in [0.15, 0.2) is 29.5 Å². The average molecular weight is 333 g/mol. The molecular weight excluding hydrogens is 318 g/mol. The number of ether oxygens (including phenoxy) is 2. The number of methoxy groups -OCH3 is 1. The first kappa shape index (κ1) is 16.4. The molecule has 7 heteroatoms. The van der Waals surface area contributed by atoms with Crippen molar-refractivity contribution in [2.75, 3.05) is 7.11 Å². The fourth-order valence-corrected chi connectivity index (χ4v) is 3.58. The molecule has 3 rings (SSSR count). The minimum Gasteiger partial charge on any atom is -0.497 e. The van der Waals surface area contributed by atoms with Gasteiger partial charge in [0, 0.05) is 29.5 Å². The fraction of sp³-hybridized carbons (Fsp3) is 0.333. The van der Waals surface area contributed by atoms with Gasteiger partial charge in [-0.05, 0) is 18.2 Å². The molecule has 3 unspecified atom stereocenters. The number of hydrogen-bond acceptors (Lipinski definition) is 7. The van der Waals surface area contributed by atoms with Crippen LogP contribution in [0.2, 0.25) is 0 Å². The topological polar surface area (TPSA) is 140 Å². The third kappa shape index (κ3) is 2.45. The van der Waals surface area contributed by atoms with Crippen molar-refractivity contribution in [1.82, 2.24) is 0 Å². The van der Waals surface area contributed by atoms with Crippen molar-refractivity contribution in [3.63, 3.8) is 0 Å². The van der Waals surface area contributed by atoms with E-state index in [0.717, 1.165) is 0 Å². The first-order valence-electron chi connectivity index (χ1n) is 7.67. The predicted molar refractivity (Wildman–Crippen MR) is 87.5 cm³/mol. The third-order valence-electron chi connectivity index (χ3n) is 4.74. The van der Waals surface area contributed by atoms with Gasteiger partial charge >= 0.3 is 0 Å². The van der Waals surface area contributed by atoms with Gasteiger partial charge in [-0.25, -0.2) is 0 Å². The summed E-state index contributed by atoms with van der Waals surface area (Å²) in [6.45, 7) is 0. The van der Waals surface area contributed by atoms with Crippen LogP contribution in [0.4, 0.5) is 0 Å². The van der Waals surface area contributed by atoms with Gasteiger partial charge in [-0.3, -0.25) is 0 Å². The van der Waals surface area contributed by atoms with Gasteiger partial charge in [0.1, 0.15) is 29.6 Å².